The van der Waals surface area contributed by atoms with E-state index in [1.807, 2.05) is 0 Å². The summed E-state index contributed by atoms with van der Waals surface area (Å²) in [6, 6.07) is 30.2. The van der Waals surface area contributed by atoms with Crippen molar-refractivity contribution in [3.63, 3.8) is 0 Å². The molecular weight excluding hydrogens is 292 g/mol. The molecular formula is C22H22N2. The van der Waals surface area contributed by atoms with E-state index in [1.165, 1.54) is 22.5 Å². The molecule has 0 bridgehead atoms. The first kappa shape index (κ1) is 14.8. The molecule has 0 radical (unpaired) electrons. The Bertz CT molecular complexity index is 775. The molecule has 0 unspecified atom stereocenters. The van der Waals surface area contributed by atoms with Crippen LogP contribution in [0.1, 0.15) is 0 Å². The number of hydrogen-bond acceptors (Lipinski definition) is 2. The smallest absolute Gasteiger partial charge is 0.0447 e. The zero-order valence-electron chi connectivity index (χ0n) is 13.8. The third-order valence-electron chi connectivity index (χ3n) is 4.73. The van der Waals surface area contributed by atoms with Gasteiger partial charge in [-0.2, -0.15) is 0 Å². The van der Waals surface area contributed by atoms with Crippen LogP contribution in [0, 0.1) is 0 Å². The highest BCUT2D eigenvalue weighted by Crippen LogP contribution is 2.31. The molecule has 0 atom stereocenters. The molecule has 4 rings (SSSR count). The zero-order valence-corrected chi connectivity index (χ0v) is 13.8. The summed E-state index contributed by atoms with van der Waals surface area (Å²) in [5, 5.41) is 0. The lowest BCUT2D eigenvalue weighted by Crippen LogP contribution is -2.46. The van der Waals surface area contributed by atoms with Crippen LogP contribution in [-0.2, 0) is 0 Å². The molecule has 0 aromatic heterocycles. The van der Waals surface area contributed by atoms with E-state index >= 15 is 0 Å². The minimum atomic E-state index is 1.05. The highest BCUT2D eigenvalue weighted by Gasteiger charge is 2.19. The number of piperazine rings is 1. The molecule has 1 saturated heterocycles. The van der Waals surface area contributed by atoms with Crippen LogP contribution in [0.15, 0.2) is 84.9 Å². The predicted molar refractivity (Wildman–Crippen MR) is 103 cm³/mol. The molecule has 1 fully saturated rings. The van der Waals surface area contributed by atoms with Crippen LogP contribution in [0.4, 0.5) is 11.4 Å². The normalized spacial score (nSPS) is 14.7. The fourth-order valence-electron chi connectivity index (χ4n) is 3.46. The van der Waals surface area contributed by atoms with Crippen molar-refractivity contribution >= 4 is 11.4 Å². The van der Waals surface area contributed by atoms with Crippen molar-refractivity contribution in [3.05, 3.63) is 84.9 Å². The molecule has 2 nitrogen and oxygen atoms in total. The molecule has 0 aliphatic carbocycles. The Labute approximate surface area is 144 Å². The third-order valence-corrected chi connectivity index (χ3v) is 4.73. The van der Waals surface area contributed by atoms with Gasteiger partial charge in [0.05, 0.1) is 0 Å². The number of nitrogens with zero attached hydrogens (tertiary/aromatic N) is 2. The molecule has 0 spiro atoms. The number of hydrogen-bond donors (Lipinski definition) is 0. The molecule has 0 N–H and O–H groups in total. The Morgan fingerprint density at radius 2 is 1.04 bits per heavy atom. The summed E-state index contributed by atoms with van der Waals surface area (Å²) in [6.07, 6.45) is 0. The van der Waals surface area contributed by atoms with Crippen LogP contribution in [-0.4, -0.2) is 26.2 Å². The largest absolute Gasteiger partial charge is 0.368 e. The van der Waals surface area contributed by atoms with E-state index in [4.69, 9.17) is 0 Å². The second-order valence-electron chi connectivity index (χ2n) is 6.19. The minimum absolute atomic E-state index is 1.05. The molecule has 1 aliphatic heterocycles. The standard InChI is InChI=1S/C22H22N2/c1-3-9-19(10-4-1)21-13-7-8-14-22(21)24-17-15-23(16-18-24)20-11-5-2-6-12-20/h1-14H,15-18H2. The fourth-order valence-corrected chi connectivity index (χ4v) is 3.46. The predicted octanol–water partition coefficient (Wildman–Crippen LogP) is 4.68. The summed E-state index contributed by atoms with van der Waals surface area (Å²) >= 11 is 0. The Morgan fingerprint density at radius 3 is 1.75 bits per heavy atom. The van der Waals surface area contributed by atoms with Gasteiger partial charge in [-0.15, -0.1) is 0 Å². The lowest BCUT2D eigenvalue weighted by Gasteiger charge is -2.38. The van der Waals surface area contributed by atoms with Crippen LogP contribution in [0.25, 0.3) is 11.1 Å². The minimum Gasteiger partial charge on any atom is -0.368 e. The molecule has 0 amide bonds. The average molecular weight is 314 g/mol. The first-order valence-electron chi connectivity index (χ1n) is 8.61. The van der Waals surface area contributed by atoms with Gasteiger partial charge in [-0.25, -0.2) is 0 Å². The quantitative estimate of drug-likeness (QED) is 0.692. The summed E-state index contributed by atoms with van der Waals surface area (Å²) in [4.78, 5) is 4.99. The second-order valence-corrected chi connectivity index (χ2v) is 6.19. The number of rotatable bonds is 3. The molecule has 1 heterocycles. The van der Waals surface area contributed by atoms with Crippen molar-refractivity contribution < 1.29 is 0 Å². The van der Waals surface area contributed by atoms with Crippen LogP contribution in [0.2, 0.25) is 0 Å². The third kappa shape index (κ3) is 3.00. The van der Waals surface area contributed by atoms with E-state index in [0.717, 1.165) is 26.2 Å². The molecule has 3 aromatic rings. The lowest BCUT2D eigenvalue weighted by molar-refractivity contribution is 0.654. The summed E-state index contributed by atoms with van der Waals surface area (Å²) in [7, 11) is 0. The van der Waals surface area contributed by atoms with Crippen molar-refractivity contribution in [1.29, 1.82) is 0 Å². The van der Waals surface area contributed by atoms with Crippen LogP contribution < -0.4 is 9.80 Å². The fraction of sp³-hybridized carbons (Fsp3) is 0.182. The van der Waals surface area contributed by atoms with Crippen molar-refractivity contribution in [2.45, 2.75) is 0 Å². The van der Waals surface area contributed by atoms with E-state index in [0.29, 0.717) is 0 Å². The molecule has 120 valence electrons. The molecule has 2 heteroatoms. The van der Waals surface area contributed by atoms with Crippen molar-refractivity contribution in [1.82, 2.24) is 0 Å². The summed E-state index contributed by atoms with van der Waals surface area (Å²) in [5.74, 6) is 0. The highest BCUT2D eigenvalue weighted by atomic mass is 15.3. The van der Waals surface area contributed by atoms with E-state index in [2.05, 4.69) is 94.7 Å². The van der Waals surface area contributed by atoms with Gasteiger partial charge in [-0.1, -0.05) is 66.7 Å². The summed E-state index contributed by atoms with van der Waals surface area (Å²) in [5.41, 5.74) is 5.29. The number of anilines is 2. The van der Waals surface area contributed by atoms with Crippen molar-refractivity contribution in [2.24, 2.45) is 0 Å². The van der Waals surface area contributed by atoms with Gasteiger partial charge in [-0.05, 0) is 23.8 Å². The Morgan fingerprint density at radius 1 is 0.500 bits per heavy atom. The second kappa shape index (κ2) is 6.79. The maximum absolute atomic E-state index is 2.52. The molecule has 24 heavy (non-hydrogen) atoms. The van der Waals surface area contributed by atoms with E-state index < -0.39 is 0 Å². The summed E-state index contributed by atoms with van der Waals surface area (Å²) in [6.45, 7) is 4.23. The monoisotopic (exact) mass is 314 g/mol. The van der Waals surface area contributed by atoms with Crippen LogP contribution >= 0.6 is 0 Å². The SMILES string of the molecule is c1ccc(-c2ccccc2N2CCN(c3ccccc3)CC2)cc1. The van der Waals surface area contributed by atoms with Gasteiger partial charge < -0.3 is 9.80 Å². The number of benzene rings is 3. The van der Waals surface area contributed by atoms with Gasteiger partial charge in [0.1, 0.15) is 0 Å². The van der Waals surface area contributed by atoms with Gasteiger partial charge in [0.15, 0.2) is 0 Å². The Balaban J connectivity index is 1.54. The molecule has 1 aliphatic rings. The van der Waals surface area contributed by atoms with E-state index in [9.17, 15) is 0 Å². The van der Waals surface area contributed by atoms with E-state index in [-0.39, 0.29) is 0 Å². The topological polar surface area (TPSA) is 6.48 Å². The van der Waals surface area contributed by atoms with Gasteiger partial charge in [0.25, 0.3) is 0 Å². The molecule has 3 aromatic carbocycles. The Hall–Kier alpha value is -2.74. The van der Waals surface area contributed by atoms with Crippen molar-refractivity contribution in [3.8, 4) is 11.1 Å². The van der Waals surface area contributed by atoms with Gasteiger partial charge in [0, 0.05) is 43.1 Å². The number of para-hydroxylation sites is 2. The van der Waals surface area contributed by atoms with E-state index in [1.54, 1.807) is 0 Å². The average Bonchev–Trinajstić information content (AvgIpc) is 2.69. The highest BCUT2D eigenvalue weighted by molar-refractivity contribution is 5.78. The maximum atomic E-state index is 2.52. The maximum Gasteiger partial charge on any atom is 0.0447 e. The van der Waals surface area contributed by atoms with Crippen LogP contribution in [0.3, 0.4) is 0 Å². The Kier molecular flexibility index (Phi) is 4.20. The molecule has 0 saturated carbocycles. The van der Waals surface area contributed by atoms with Gasteiger partial charge in [0.2, 0.25) is 0 Å². The summed E-state index contributed by atoms with van der Waals surface area (Å²) < 4.78 is 0. The van der Waals surface area contributed by atoms with Crippen molar-refractivity contribution in [2.75, 3.05) is 36.0 Å². The van der Waals surface area contributed by atoms with Gasteiger partial charge in [-0.3, -0.25) is 0 Å². The van der Waals surface area contributed by atoms with Gasteiger partial charge >= 0.3 is 0 Å². The lowest BCUT2D eigenvalue weighted by atomic mass is 10.0. The first-order chi connectivity index (χ1) is 11.9. The zero-order chi connectivity index (χ0) is 16.2. The van der Waals surface area contributed by atoms with Crippen LogP contribution in [0.5, 0.6) is 0 Å². The first-order valence-corrected chi connectivity index (χ1v) is 8.61.